The molecule has 0 saturated heterocycles. The van der Waals surface area contributed by atoms with E-state index in [1.54, 1.807) is 22.3 Å². The summed E-state index contributed by atoms with van der Waals surface area (Å²) in [6, 6.07) is 1.92. The number of aromatic nitrogens is 3. The zero-order valence-corrected chi connectivity index (χ0v) is 12.3. The molecule has 21 heavy (non-hydrogen) atoms. The Balaban J connectivity index is 1.79. The lowest BCUT2D eigenvalue weighted by Gasteiger charge is -2.04. The summed E-state index contributed by atoms with van der Waals surface area (Å²) in [6.45, 7) is 1.04. The van der Waals surface area contributed by atoms with E-state index in [4.69, 9.17) is 5.11 Å². The number of nitrogens with zero attached hydrogens (tertiary/aromatic N) is 3. The average Bonchev–Trinajstić information content (AvgIpc) is 3.15. The topological polar surface area (TPSA) is 80.0 Å². The van der Waals surface area contributed by atoms with Crippen LogP contribution in [0.3, 0.4) is 0 Å². The van der Waals surface area contributed by atoms with Crippen LogP contribution in [0.15, 0.2) is 24.1 Å². The van der Waals surface area contributed by atoms with E-state index in [0.717, 1.165) is 10.4 Å². The maximum Gasteiger partial charge on any atom is 0.222 e. The number of carbonyl (C=O) groups is 1. The summed E-state index contributed by atoms with van der Waals surface area (Å²) in [4.78, 5) is 16.6. The van der Waals surface area contributed by atoms with Gasteiger partial charge >= 0.3 is 0 Å². The van der Waals surface area contributed by atoms with Gasteiger partial charge in [0.05, 0.1) is 19.7 Å². The fourth-order valence-corrected chi connectivity index (χ4v) is 2.40. The monoisotopic (exact) mass is 304 g/mol. The van der Waals surface area contributed by atoms with Crippen molar-refractivity contribution in [2.24, 2.45) is 0 Å². The van der Waals surface area contributed by atoms with Gasteiger partial charge < -0.3 is 10.4 Å². The number of hydrogen-bond donors (Lipinski definition) is 2. The third-order valence-electron chi connectivity index (χ3n) is 2.69. The van der Waals surface area contributed by atoms with Crippen molar-refractivity contribution in [2.75, 3.05) is 6.61 Å². The van der Waals surface area contributed by atoms with Gasteiger partial charge in [-0.1, -0.05) is 11.8 Å². The molecule has 2 rings (SSSR count). The van der Waals surface area contributed by atoms with Crippen molar-refractivity contribution in [1.82, 2.24) is 20.1 Å². The Labute approximate surface area is 126 Å². The van der Waals surface area contributed by atoms with Gasteiger partial charge in [-0.3, -0.25) is 9.48 Å². The number of amides is 1. The highest BCUT2D eigenvalue weighted by Crippen LogP contribution is 2.15. The van der Waals surface area contributed by atoms with E-state index in [1.807, 2.05) is 11.4 Å². The van der Waals surface area contributed by atoms with E-state index < -0.39 is 0 Å². The highest BCUT2D eigenvalue weighted by atomic mass is 32.1. The van der Waals surface area contributed by atoms with Gasteiger partial charge in [-0.25, -0.2) is 4.98 Å². The van der Waals surface area contributed by atoms with Crippen LogP contribution in [-0.4, -0.2) is 32.4 Å². The zero-order valence-electron chi connectivity index (χ0n) is 11.5. The number of carbonyl (C=O) groups excluding carboxylic acids is 1. The van der Waals surface area contributed by atoms with E-state index >= 15 is 0 Å². The largest absolute Gasteiger partial charge is 0.395 e. The highest BCUT2D eigenvalue weighted by Gasteiger charge is 2.06. The molecule has 0 spiro atoms. The lowest BCUT2D eigenvalue weighted by atomic mass is 10.2. The molecule has 110 valence electrons. The number of hydrogen-bond acceptors (Lipinski definition) is 5. The minimum atomic E-state index is -0.0341. The second-order valence-electron chi connectivity index (χ2n) is 4.22. The first-order valence-electron chi connectivity index (χ1n) is 6.55. The molecule has 0 atom stereocenters. The molecule has 0 aromatic carbocycles. The molecule has 2 aromatic heterocycles. The lowest BCUT2D eigenvalue weighted by Crippen LogP contribution is -2.23. The molecule has 2 N–H and O–H groups in total. The number of aliphatic hydroxyl groups excluding tert-OH is 1. The van der Waals surface area contributed by atoms with Crippen LogP contribution in [0.25, 0.3) is 0 Å². The van der Waals surface area contributed by atoms with Gasteiger partial charge in [0, 0.05) is 23.3 Å². The van der Waals surface area contributed by atoms with Crippen LogP contribution in [0.1, 0.15) is 23.3 Å². The van der Waals surface area contributed by atoms with Gasteiger partial charge in [-0.05, 0) is 11.4 Å². The summed E-state index contributed by atoms with van der Waals surface area (Å²) in [6.07, 6.45) is 3.85. The Hall–Kier alpha value is -2.17. The molecule has 0 bridgehead atoms. The van der Waals surface area contributed by atoms with Gasteiger partial charge in [0.1, 0.15) is 12.7 Å². The number of aliphatic hydroxyl groups is 1. The molecule has 0 fully saturated rings. The van der Waals surface area contributed by atoms with Crippen molar-refractivity contribution < 1.29 is 9.90 Å². The van der Waals surface area contributed by atoms with Crippen molar-refractivity contribution in [3.8, 4) is 11.8 Å². The van der Waals surface area contributed by atoms with Gasteiger partial charge in [0.25, 0.3) is 0 Å². The first-order valence-corrected chi connectivity index (χ1v) is 7.43. The summed E-state index contributed by atoms with van der Waals surface area (Å²) in [5.41, 5.74) is 0.907. The summed E-state index contributed by atoms with van der Waals surface area (Å²) >= 11 is 1.56. The molecular formula is C14H16N4O2S. The summed E-state index contributed by atoms with van der Waals surface area (Å²) in [5, 5.41) is 17.5. The number of aryl methyl sites for hydroxylation is 1. The summed E-state index contributed by atoms with van der Waals surface area (Å²) in [7, 11) is 0. The quantitative estimate of drug-likeness (QED) is 0.773. The van der Waals surface area contributed by atoms with Crippen molar-refractivity contribution in [2.45, 2.75) is 25.9 Å². The van der Waals surface area contributed by atoms with Crippen LogP contribution < -0.4 is 5.32 Å². The van der Waals surface area contributed by atoms with E-state index in [2.05, 4.69) is 27.2 Å². The second-order valence-corrected chi connectivity index (χ2v) is 5.22. The van der Waals surface area contributed by atoms with Crippen LogP contribution in [0.2, 0.25) is 0 Å². The van der Waals surface area contributed by atoms with Gasteiger partial charge in [-0.2, -0.15) is 5.10 Å². The normalized spacial score (nSPS) is 9.95. The Kier molecular flexibility index (Phi) is 5.94. The standard InChI is InChI=1S/C14H16N4O2S/c19-7-2-1-3-12-5-8-21-13(12)9-16-14(20)4-6-18-11-15-10-17-18/h5,8,10-11,19H,2,4,6-7,9H2,(H,16,20). The highest BCUT2D eigenvalue weighted by molar-refractivity contribution is 7.10. The third kappa shape index (κ3) is 5.02. The van der Waals surface area contributed by atoms with Gasteiger partial charge in [0.2, 0.25) is 5.91 Å². The molecule has 0 saturated carbocycles. The van der Waals surface area contributed by atoms with Crippen molar-refractivity contribution in [1.29, 1.82) is 0 Å². The van der Waals surface area contributed by atoms with E-state index in [-0.39, 0.29) is 12.5 Å². The maximum absolute atomic E-state index is 11.8. The van der Waals surface area contributed by atoms with Crippen LogP contribution in [0.5, 0.6) is 0 Å². The molecule has 0 aliphatic rings. The maximum atomic E-state index is 11.8. The first kappa shape index (κ1) is 15.2. The molecule has 0 aliphatic carbocycles. The minimum Gasteiger partial charge on any atom is -0.395 e. The number of thiophene rings is 1. The molecule has 1 amide bonds. The number of rotatable bonds is 6. The lowest BCUT2D eigenvalue weighted by molar-refractivity contribution is -0.121. The Morgan fingerprint density at radius 1 is 1.52 bits per heavy atom. The van der Waals surface area contributed by atoms with Gasteiger partial charge in [0.15, 0.2) is 0 Å². The first-order chi connectivity index (χ1) is 10.3. The number of nitrogens with one attached hydrogen (secondary N) is 1. The fourth-order valence-electron chi connectivity index (χ4n) is 1.63. The smallest absolute Gasteiger partial charge is 0.222 e. The van der Waals surface area contributed by atoms with E-state index in [0.29, 0.717) is 25.9 Å². The van der Waals surface area contributed by atoms with Crippen LogP contribution >= 0.6 is 11.3 Å². The van der Waals surface area contributed by atoms with Crippen molar-refractivity contribution in [3.05, 3.63) is 34.5 Å². The SMILES string of the molecule is O=C(CCn1cncn1)NCc1sccc1C#CCCO. The van der Waals surface area contributed by atoms with E-state index in [9.17, 15) is 4.79 Å². The zero-order chi connectivity index (χ0) is 14.9. The molecule has 0 radical (unpaired) electrons. The summed E-state index contributed by atoms with van der Waals surface area (Å²) in [5.74, 6) is 5.85. The fraction of sp³-hybridized carbons (Fsp3) is 0.357. The van der Waals surface area contributed by atoms with Crippen LogP contribution in [0, 0.1) is 11.8 Å². The molecule has 0 aliphatic heterocycles. The predicted octanol–water partition coefficient (Wildman–Crippen LogP) is 0.780. The molecule has 0 unspecified atom stereocenters. The molecule has 2 heterocycles. The molecule has 2 aromatic rings. The van der Waals surface area contributed by atoms with Crippen LogP contribution in [-0.2, 0) is 17.9 Å². The van der Waals surface area contributed by atoms with Crippen molar-refractivity contribution in [3.63, 3.8) is 0 Å². The second kappa shape index (κ2) is 8.19. The predicted molar refractivity (Wildman–Crippen MR) is 79.4 cm³/mol. The van der Waals surface area contributed by atoms with E-state index in [1.165, 1.54) is 6.33 Å². The third-order valence-corrected chi connectivity index (χ3v) is 3.61. The van der Waals surface area contributed by atoms with Gasteiger partial charge in [-0.15, -0.1) is 11.3 Å². The minimum absolute atomic E-state index is 0.0341. The average molecular weight is 304 g/mol. The molecule has 7 heteroatoms. The molecule has 6 nitrogen and oxygen atoms in total. The van der Waals surface area contributed by atoms with Crippen LogP contribution in [0.4, 0.5) is 0 Å². The molecular weight excluding hydrogens is 288 g/mol. The summed E-state index contributed by atoms with van der Waals surface area (Å²) < 4.78 is 1.62. The Morgan fingerprint density at radius 3 is 3.19 bits per heavy atom. The Bertz CT molecular complexity index is 625. The Morgan fingerprint density at radius 2 is 2.43 bits per heavy atom. The van der Waals surface area contributed by atoms with Crippen molar-refractivity contribution >= 4 is 17.2 Å².